The van der Waals surface area contributed by atoms with Gasteiger partial charge in [-0.25, -0.2) is 5.06 Å². The van der Waals surface area contributed by atoms with Crippen LogP contribution in [0.15, 0.2) is 40.2 Å². The third-order valence-corrected chi connectivity index (χ3v) is 4.21. The van der Waals surface area contributed by atoms with Crippen molar-refractivity contribution in [3.63, 3.8) is 0 Å². The van der Waals surface area contributed by atoms with Crippen LogP contribution >= 0.6 is 11.6 Å². The average Bonchev–Trinajstić information content (AvgIpc) is 2.87. The summed E-state index contributed by atoms with van der Waals surface area (Å²) in [6.07, 6.45) is 7.01. The highest BCUT2D eigenvalue weighted by atomic mass is 35.5. The number of aliphatic imine (C=N–C) groups is 1. The Morgan fingerprint density at radius 1 is 1.45 bits per heavy atom. The number of hydroxylamine groups is 2. The lowest BCUT2D eigenvalue weighted by atomic mass is 10.1. The molecule has 0 aliphatic carbocycles. The molecule has 0 aromatic rings. The van der Waals surface area contributed by atoms with Crippen LogP contribution < -0.4 is 0 Å². The molecule has 1 atom stereocenters. The van der Waals surface area contributed by atoms with Crippen molar-refractivity contribution in [2.24, 2.45) is 4.99 Å². The first kappa shape index (κ1) is 13.5. The second-order valence-electron chi connectivity index (χ2n) is 5.12. The highest BCUT2D eigenvalue weighted by Gasteiger charge is 2.36. The van der Waals surface area contributed by atoms with Crippen molar-refractivity contribution in [2.75, 3.05) is 20.3 Å². The fourth-order valence-electron chi connectivity index (χ4n) is 2.69. The minimum absolute atomic E-state index is 0.160. The van der Waals surface area contributed by atoms with E-state index >= 15 is 0 Å². The molecule has 0 saturated carbocycles. The molecule has 3 rings (SSSR count). The highest BCUT2D eigenvalue weighted by molar-refractivity contribution is 6.24. The third kappa shape index (κ3) is 2.01. The van der Waals surface area contributed by atoms with E-state index in [0.717, 1.165) is 35.8 Å². The first-order valence-electron chi connectivity index (χ1n) is 6.83. The van der Waals surface area contributed by atoms with Crippen molar-refractivity contribution in [3.05, 3.63) is 35.2 Å². The van der Waals surface area contributed by atoms with Crippen LogP contribution in [0.1, 0.15) is 20.3 Å². The van der Waals surface area contributed by atoms with E-state index in [2.05, 4.69) is 34.8 Å². The largest absolute Gasteiger partial charge is 0.333 e. The van der Waals surface area contributed by atoms with Crippen LogP contribution in [-0.4, -0.2) is 46.8 Å². The Kier molecular flexibility index (Phi) is 3.48. The van der Waals surface area contributed by atoms with Crippen LogP contribution in [0.25, 0.3) is 0 Å². The topological polar surface area (TPSA) is 31.3 Å². The van der Waals surface area contributed by atoms with Crippen LogP contribution in [0.5, 0.6) is 0 Å². The monoisotopic (exact) mass is 294 g/mol. The molecule has 20 heavy (non-hydrogen) atoms. The average molecular weight is 295 g/mol. The van der Waals surface area contributed by atoms with Gasteiger partial charge in [-0.1, -0.05) is 6.92 Å². The van der Waals surface area contributed by atoms with Gasteiger partial charge in [-0.15, -0.1) is 11.6 Å². The Morgan fingerprint density at radius 3 is 2.95 bits per heavy atom. The molecule has 1 unspecified atom stereocenters. The van der Waals surface area contributed by atoms with E-state index in [1.165, 1.54) is 0 Å². The lowest BCUT2D eigenvalue weighted by Crippen LogP contribution is -2.40. The molecule has 108 valence electrons. The SMILES string of the molecule is CCCN1C=C(C)C(Cl)C2=C1N1CN(OC)C=C1C=N2. The maximum atomic E-state index is 6.51. The lowest BCUT2D eigenvalue weighted by Gasteiger charge is -2.39. The lowest BCUT2D eigenvalue weighted by molar-refractivity contribution is -0.0967. The van der Waals surface area contributed by atoms with E-state index in [1.54, 1.807) is 12.2 Å². The van der Waals surface area contributed by atoms with Gasteiger partial charge in [-0.3, -0.25) is 9.83 Å². The van der Waals surface area contributed by atoms with Gasteiger partial charge in [0.1, 0.15) is 23.6 Å². The van der Waals surface area contributed by atoms with E-state index in [0.29, 0.717) is 6.67 Å². The highest BCUT2D eigenvalue weighted by Crippen LogP contribution is 2.37. The van der Waals surface area contributed by atoms with Crippen LogP contribution in [0, 0.1) is 0 Å². The zero-order chi connectivity index (χ0) is 14.3. The molecule has 0 fully saturated rings. The summed E-state index contributed by atoms with van der Waals surface area (Å²) in [5.74, 6) is 1.07. The summed E-state index contributed by atoms with van der Waals surface area (Å²) < 4.78 is 0. The Labute approximate surface area is 124 Å². The van der Waals surface area contributed by atoms with Crippen molar-refractivity contribution in [1.29, 1.82) is 0 Å². The second kappa shape index (κ2) is 5.14. The number of alkyl halides is 1. The molecule has 6 heteroatoms. The van der Waals surface area contributed by atoms with Gasteiger partial charge in [0, 0.05) is 12.7 Å². The predicted molar refractivity (Wildman–Crippen MR) is 79.6 cm³/mol. The molecule has 0 amide bonds. The molecule has 3 aliphatic heterocycles. The molecule has 3 aliphatic rings. The number of halogens is 1. The van der Waals surface area contributed by atoms with Gasteiger partial charge in [-0.05, 0) is 18.9 Å². The Balaban J connectivity index is 2.00. The minimum Gasteiger partial charge on any atom is -0.333 e. The molecule has 0 aromatic carbocycles. The second-order valence-corrected chi connectivity index (χ2v) is 5.56. The Hall–Kier alpha value is -1.46. The molecule has 0 saturated heterocycles. The van der Waals surface area contributed by atoms with E-state index in [-0.39, 0.29) is 5.38 Å². The summed E-state index contributed by atoms with van der Waals surface area (Å²) in [4.78, 5) is 14.3. The van der Waals surface area contributed by atoms with E-state index in [4.69, 9.17) is 16.4 Å². The fraction of sp³-hybridized carbons (Fsp3) is 0.500. The Bertz CT molecular complexity index is 537. The van der Waals surface area contributed by atoms with Crippen molar-refractivity contribution in [3.8, 4) is 0 Å². The molecular weight excluding hydrogens is 276 g/mol. The third-order valence-electron chi connectivity index (χ3n) is 3.66. The van der Waals surface area contributed by atoms with Crippen LogP contribution in [0.2, 0.25) is 0 Å². The normalized spacial score (nSPS) is 24.8. The van der Waals surface area contributed by atoms with Gasteiger partial charge in [0.05, 0.1) is 25.2 Å². The molecule has 3 heterocycles. The van der Waals surface area contributed by atoms with Crippen molar-refractivity contribution >= 4 is 17.8 Å². The smallest absolute Gasteiger partial charge is 0.138 e. The zero-order valence-corrected chi connectivity index (χ0v) is 12.8. The summed E-state index contributed by atoms with van der Waals surface area (Å²) in [5.41, 5.74) is 3.09. The van der Waals surface area contributed by atoms with Crippen molar-refractivity contribution < 1.29 is 4.84 Å². The molecule has 0 bridgehead atoms. The predicted octanol–water partition coefficient (Wildman–Crippen LogP) is 2.45. The summed E-state index contributed by atoms with van der Waals surface area (Å²) >= 11 is 6.51. The maximum absolute atomic E-state index is 6.51. The van der Waals surface area contributed by atoms with Crippen molar-refractivity contribution in [1.82, 2.24) is 14.9 Å². The summed E-state index contributed by atoms with van der Waals surface area (Å²) in [7, 11) is 1.67. The first-order chi connectivity index (χ1) is 9.65. The maximum Gasteiger partial charge on any atom is 0.138 e. The van der Waals surface area contributed by atoms with Gasteiger partial charge in [0.15, 0.2) is 0 Å². The molecular formula is C14H19ClN4O. The van der Waals surface area contributed by atoms with Gasteiger partial charge >= 0.3 is 0 Å². The summed E-state index contributed by atoms with van der Waals surface area (Å²) in [6, 6.07) is 0. The Morgan fingerprint density at radius 2 is 2.25 bits per heavy atom. The number of rotatable bonds is 3. The standard InChI is InChI=1S/C14H19ClN4O/c1-4-5-17-7-10(2)12(15)13-14(17)19-9-18(20-3)8-11(19)6-16-13/h6-8,12H,4-5,9H2,1-3H3. The molecule has 5 nitrogen and oxygen atoms in total. The zero-order valence-electron chi connectivity index (χ0n) is 12.0. The number of hydrogen-bond acceptors (Lipinski definition) is 5. The number of nitrogens with zero attached hydrogens (tertiary/aromatic N) is 4. The van der Waals surface area contributed by atoms with Crippen LogP contribution in [0.4, 0.5) is 0 Å². The van der Waals surface area contributed by atoms with E-state index < -0.39 is 0 Å². The number of hydrogen-bond donors (Lipinski definition) is 0. The van der Waals surface area contributed by atoms with Crippen molar-refractivity contribution in [2.45, 2.75) is 25.6 Å². The molecule has 0 N–H and O–H groups in total. The van der Waals surface area contributed by atoms with Gasteiger partial charge in [0.2, 0.25) is 0 Å². The quantitative estimate of drug-likeness (QED) is 0.748. The van der Waals surface area contributed by atoms with Gasteiger partial charge in [0.25, 0.3) is 0 Å². The van der Waals surface area contributed by atoms with Crippen LogP contribution in [-0.2, 0) is 4.84 Å². The van der Waals surface area contributed by atoms with E-state index in [9.17, 15) is 0 Å². The minimum atomic E-state index is -0.160. The fourth-order valence-corrected chi connectivity index (χ4v) is 2.90. The first-order valence-corrected chi connectivity index (χ1v) is 7.26. The molecule has 0 radical (unpaired) electrons. The number of allylic oxidation sites excluding steroid dienone is 2. The number of fused-ring (bicyclic) bond motifs is 2. The summed E-state index contributed by atoms with van der Waals surface area (Å²) in [6.45, 7) is 5.83. The molecule has 0 spiro atoms. The van der Waals surface area contributed by atoms with E-state index in [1.807, 2.05) is 12.4 Å². The van der Waals surface area contributed by atoms with Crippen LogP contribution in [0.3, 0.4) is 0 Å². The summed E-state index contributed by atoms with van der Waals surface area (Å²) in [5, 5.41) is 1.63. The van der Waals surface area contributed by atoms with Gasteiger partial charge < -0.3 is 9.80 Å². The molecule has 0 aromatic heterocycles. The van der Waals surface area contributed by atoms with Gasteiger partial charge in [-0.2, -0.15) is 0 Å².